The summed E-state index contributed by atoms with van der Waals surface area (Å²) in [6, 6.07) is 10.7. The zero-order chi connectivity index (χ0) is 26.4. The molecule has 0 saturated carbocycles. The van der Waals surface area contributed by atoms with E-state index < -0.39 is 0 Å². The van der Waals surface area contributed by atoms with E-state index in [9.17, 15) is 9.59 Å². The maximum atomic E-state index is 12.9. The number of ether oxygens (including phenoxy) is 1. The van der Waals surface area contributed by atoms with Gasteiger partial charge in [-0.3, -0.25) is 9.59 Å². The van der Waals surface area contributed by atoms with Gasteiger partial charge in [0.1, 0.15) is 5.75 Å². The molecule has 2 aromatic carbocycles. The van der Waals surface area contributed by atoms with Gasteiger partial charge in [-0.25, -0.2) is 0 Å². The third-order valence-electron chi connectivity index (χ3n) is 5.92. The van der Waals surface area contributed by atoms with Gasteiger partial charge in [-0.05, 0) is 69.0 Å². The van der Waals surface area contributed by atoms with Crippen LogP contribution in [0, 0.1) is 26.7 Å². The summed E-state index contributed by atoms with van der Waals surface area (Å²) in [5.41, 5.74) is 4.64. The monoisotopic (exact) mass is 509 g/mol. The molecule has 0 bridgehead atoms. The summed E-state index contributed by atoms with van der Waals surface area (Å²) in [4.78, 5) is 25.7. The largest absolute Gasteiger partial charge is 0.497 e. The summed E-state index contributed by atoms with van der Waals surface area (Å²) in [5.74, 6) is 1.35. The van der Waals surface area contributed by atoms with E-state index in [2.05, 4.69) is 33.0 Å². The Morgan fingerprint density at radius 1 is 1.06 bits per heavy atom. The molecular weight excluding hydrogens is 474 g/mol. The fraction of sp³-hybridized carbons (Fsp3) is 0.407. The number of carbonyl (C=O) groups excluding carboxylic acids is 2. The van der Waals surface area contributed by atoms with E-state index in [0.717, 1.165) is 16.8 Å². The fourth-order valence-electron chi connectivity index (χ4n) is 4.11. The Labute approximate surface area is 217 Å². The normalized spacial score (nSPS) is 11.9. The van der Waals surface area contributed by atoms with Gasteiger partial charge >= 0.3 is 0 Å². The number of anilines is 1. The standard InChI is InChI=1S/C27H35N5O3S/c1-8-32-25(23(16(2)3)29-26(34)20-9-11-21(35-7)12-10-20)30-31-27(32)36-15-22(33)28-24-18(5)13-17(4)14-19(24)6/h9-14,16,23H,8,15H2,1-7H3,(H,28,33)(H,29,34)/t23-/m1/s1. The minimum absolute atomic E-state index is 0.0790. The number of aryl methyl sites for hydroxylation is 3. The lowest BCUT2D eigenvalue weighted by Gasteiger charge is -2.22. The van der Waals surface area contributed by atoms with E-state index in [-0.39, 0.29) is 29.5 Å². The van der Waals surface area contributed by atoms with Gasteiger partial charge in [0.05, 0.1) is 18.9 Å². The van der Waals surface area contributed by atoms with Crippen LogP contribution >= 0.6 is 11.8 Å². The molecule has 0 unspecified atom stereocenters. The van der Waals surface area contributed by atoms with Crippen molar-refractivity contribution in [3.63, 3.8) is 0 Å². The van der Waals surface area contributed by atoms with Crippen LogP contribution in [0.3, 0.4) is 0 Å². The van der Waals surface area contributed by atoms with Crippen LogP contribution in [0.4, 0.5) is 5.69 Å². The Hall–Kier alpha value is -3.33. The van der Waals surface area contributed by atoms with Crippen LogP contribution in [0.15, 0.2) is 41.6 Å². The predicted molar refractivity (Wildman–Crippen MR) is 144 cm³/mol. The third-order valence-corrected chi connectivity index (χ3v) is 6.89. The molecule has 1 heterocycles. The first-order valence-corrected chi connectivity index (χ1v) is 13.0. The quantitative estimate of drug-likeness (QED) is 0.370. The van der Waals surface area contributed by atoms with E-state index in [1.807, 2.05) is 46.1 Å². The van der Waals surface area contributed by atoms with Crippen molar-refractivity contribution in [3.05, 3.63) is 64.5 Å². The summed E-state index contributed by atoms with van der Waals surface area (Å²) in [5, 5.41) is 15.5. The molecule has 0 aliphatic rings. The van der Waals surface area contributed by atoms with Crippen LogP contribution in [-0.2, 0) is 11.3 Å². The molecule has 0 saturated heterocycles. The van der Waals surface area contributed by atoms with Crippen LogP contribution < -0.4 is 15.4 Å². The maximum absolute atomic E-state index is 12.9. The Kier molecular flexibility index (Phi) is 9.14. The number of rotatable bonds is 10. The second kappa shape index (κ2) is 12.1. The lowest BCUT2D eigenvalue weighted by molar-refractivity contribution is -0.113. The first-order valence-electron chi connectivity index (χ1n) is 12.0. The molecule has 9 heteroatoms. The van der Waals surface area contributed by atoms with Crippen molar-refractivity contribution in [2.24, 2.45) is 5.92 Å². The maximum Gasteiger partial charge on any atom is 0.251 e. The lowest BCUT2D eigenvalue weighted by Crippen LogP contribution is -2.33. The van der Waals surface area contributed by atoms with Crippen LogP contribution in [-0.4, -0.2) is 39.4 Å². The molecule has 2 N–H and O–H groups in total. The summed E-state index contributed by atoms with van der Waals surface area (Å²) in [6.45, 7) is 12.7. The molecule has 0 aliphatic carbocycles. The number of amides is 2. The highest BCUT2D eigenvalue weighted by molar-refractivity contribution is 7.99. The number of benzene rings is 2. The van der Waals surface area contributed by atoms with Crippen molar-refractivity contribution in [1.29, 1.82) is 0 Å². The fourth-order valence-corrected chi connectivity index (χ4v) is 4.92. The molecule has 0 fully saturated rings. The van der Waals surface area contributed by atoms with Crippen molar-refractivity contribution in [2.45, 2.75) is 59.3 Å². The summed E-state index contributed by atoms with van der Waals surface area (Å²) >= 11 is 1.33. The third kappa shape index (κ3) is 6.46. The van der Waals surface area contributed by atoms with Crippen molar-refractivity contribution < 1.29 is 14.3 Å². The van der Waals surface area contributed by atoms with Gasteiger partial charge in [-0.15, -0.1) is 10.2 Å². The average Bonchev–Trinajstić information content (AvgIpc) is 3.25. The second-order valence-corrected chi connectivity index (χ2v) is 10.1. The van der Waals surface area contributed by atoms with E-state index >= 15 is 0 Å². The van der Waals surface area contributed by atoms with Crippen LogP contribution in [0.2, 0.25) is 0 Å². The summed E-state index contributed by atoms with van der Waals surface area (Å²) < 4.78 is 7.13. The Balaban J connectivity index is 1.72. The van der Waals surface area contributed by atoms with Gasteiger partial charge in [0, 0.05) is 17.8 Å². The smallest absolute Gasteiger partial charge is 0.251 e. The number of aromatic nitrogens is 3. The predicted octanol–water partition coefficient (Wildman–Crippen LogP) is 5.09. The molecular formula is C27H35N5O3S. The van der Waals surface area contributed by atoms with Crippen LogP contribution in [0.5, 0.6) is 5.75 Å². The topological polar surface area (TPSA) is 98.1 Å². The number of methoxy groups -OCH3 is 1. The number of nitrogens with zero attached hydrogens (tertiary/aromatic N) is 3. The molecule has 1 aromatic heterocycles. The van der Waals surface area contributed by atoms with Gasteiger partial charge in [-0.1, -0.05) is 43.3 Å². The molecule has 36 heavy (non-hydrogen) atoms. The minimum atomic E-state index is -0.340. The van der Waals surface area contributed by atoms with Crippen molar-refractivity contribution in [1.82, 2.24) is 20.1 Å². The molecule has 192 valence electrons. The van der Waals surface area contributed by atoms with Gasteiger partial charge < -0.3 is 19.9 Å². The average molecular weight is 510 g/mol. The van der Waals surface area contributed by atoms with Crippen molar-refractivity contribution >= 4 is 29.3 Å². The number of carbonyl (C=O) groups is 2. The highest BCUT2D eigenvalue weighted by Crippen LogP contribution is 2.27. The van der Waals surface area contributed by atoms with Gasteiger partial charge in [0.2, 0.25) is 5.91 Å². The highest BCUT2D eigenvalue weighted by atomic mass is 32.2. The highest BCUT2D eigenvalue weighted by Gasteiger charge is 2.26. The van der Waals surface area contributed by atoms with E-state index in [0.29, 0.717) is 28.8 Å². The zero-order valence-electron chi connectivity index (χ0n) is 22.0. The van der Waals surface area contributed by atoms with Gasteiger partial charge in [-0.2, -0.15) is 0 Å². The van der Waals surface area contributed by atoms with E-state index in [1.165, 1.54) is 17.3 Å². The van der Waals surface area contributed by atoms with Gasteiger partial charge in [0.15, 0.2) is 11.0 Å². The SMILES string of the molecule is CCn1c(SCC(=O)Nc2c(C)cc(C)cc2C)nnc1[C@H](NC(=O)c1ccc(OC)cc1)C(C)C. The minimum Gasteiger partial charge on any atom is -0.497 e. The molecule has 2 amide bonds. The van der Waals surface area contributed by atoms with E-state index in [4.69, 9.17) is 4.74 Å². The lowest BCUT2D eigenvalue weighted by atomic mass is 10.0. The first-order chi connectivity index (χ1) is 17.1. The van der Waals surface area contributed by atoms with Crippen molar-refractivity contribution in [3.8, 4) is 5.75 Å². The second-order valence-electron chi connectivity index (χ2n) is 9.12. The number of thioether (sulfide) groups is 1. The van der Waals surface area contributed by atoms with Gasteiger partial charge in [0.25, 0.3) is 5.91 Å². The van der Waals surface area contributed by atoms with Crippen LogP contribution in [0.1, 0.15) is 59.7 Å². The molecule has 3 rings (SSSR count). The molecule has 0 spiro atoms. The first kappa shape index (κ1) is 27.3. The summed E-state index contributed by atoms with van der Waals surface area (Å²) in [7, 11) is 1.59. The van der Waals surface area contributed by atoms with Crippen LogP contribution in [0.25, 0.3) is 0 Å². The molecule has 3 aromatic rings. The Bertz CT molecular complexity index is 1200. The van der Waals surface area contributed by atoms with Crippen molar-refractivity contribution in [2.75, 3.05) is 18.2 Å². The zero-order valence-corrected chi connectivity index (χ0v) is 22.8. The Morgan fingerprint density at radius 3 is 2.25 bits per heavy atom. The number of nitrogens with one attached hydrogen (secondary N) is 2. The Morgan fingerprint density at radius 2 is 1.69 bits per heavy atom. The van der Waals surface area contributed by atoms with E-state index in [1.54, 1.807) is 31.4 Å². The molecule has 0 radical (unpaired) electrons. The number of hydrogen-bond acceptors (Lipinski definition) is 6. The summed E-state index contributed by atoms with van der Waals surface area (Å²) in [6.07, 6.45) is 0. The number of hydrogen-bond donors (Lipinski definition) is 2. The molecule has 8 nitrogen and oxygen atoms in total. The molecule has 1 atom stereocenters. The molecule has 0 aliphatic heterocycles.